The van der Waals surface area contributed by atoms with E-state index in [1.807, 2.05) is 23.6 Å². The highest BCUT2D eigenvalue weighted by atomic mass is 35.5. The third kappa shape index (κ3) is 3.53. The van der Waals surface area contributed by atoms with Crippen LogP contribution in [-0.4, -0.2) is 34.6 Å². The second kappa shape index (κ2) is 7.59. The van der Waals surface area contributed by atoms with Crippen LogP contribution in [-0.2, 0) is 6.54 Å². The van der Waals surface area contributed by atoms with E-state index in [0.29, 0.717) is 34.3 Å². The minimum absolute atomic E-state index is 0.298. The first kappa shape index (κ1) is 19.6. The van der Waals surface area contributed by atoms with Crippen molar-refractivity contribution < 1.29 is 9.18 Å². The molecule has 1 aliphatic rings. The number of aromatic nitrogens is 2. The van der Waals surface area contributed by atoms with Crippen molar-refractivity contribution in [2.75, 3.05) is 14.1 Å². The van der Waals surface area contributed by atoms with E-state index in [0.717, 1.165) is 11.3 Å². The van der Waals surface area contributed by atoms with Gasteiger partial charge >= 0.3 is 0 Å². The highest BCUT2D eigenvalue weighted by molar-refractivity contribution is 6.30. The van der Waals surface area contributed by atoms with Crippen LogP contribution in [0.2, 0.25) is 5.02 Å². The van der Waals surface area contributed by atoms with Crippen LogP contribution in [0, 0.1) is 12.7 Å². The van der Waals surface area contributed by atoms with Crippen LogP contribution >= 0.6 is 11.6 Å². The molecular weight excluding hydrogens is 393 g/mol. The van der Waals surface area contributed by atoms with Crippen molar-refractivity contribution in [3.8, 4) is 5.69 Å². The summed E-state index contributed by atoms with van der Waals surface area (Å²) in [5.41, 5.74) is 5.94. The first-order chi connectivity index (χ1) is 13.9. The Hall–Kier alpha value is -2.74. The molecule has 1 amide bonds. The Bertz CT molecular complexity index is 1090. The molecule has 2 N–H and O–H groups in total. The van der Waals surface area contributed by atoms with Crippen molar-refractivity contribution in [1.29, 1.82) is 0 Å². The van der Waals surface area contributed by atoms with Crippen molar-refractivity contribution in [2.45, 2.75) is 19.5 Å². The van der Waals surface area contributed by atoms with Gasteiger partial charge in [-0.3, -0.25) is 14.8 Å². The number of aryl methyl sites for hydroxylation is 1. The minimum atomic E-state index is -0.422. The topological polar surface area (TPSA) is 62.2 Å². The molecule has 2 heterocycles. The number of fused-ring (bicyclic) bond motifs is 3. The van der Waals surface area contributed by atoms with Crippen molar-refractivity contribution in [2.24, 2.45) is 0 Å². The van der Waals surface area contributed by atoms with Gasteiger partial charge in [0.05, 0.1) is 17.4 Å². The van der Waals surface area contributed by atoms with Gasteiger partial charge in [-0.25, -0.2) is 14.4 Å². The summed E-state index contributed by atoms with van der Waals surface area (Å²) in [6, 6.07) is 11.7. The van der Waals surface area contributed by atoms with E-state index >= 15 is 0 Å². The quantitative estimate of drug-likeness (QED) is 0.646. The van der Waals surface area contributed by atoms with Gasteiger partial charge in [0.2, 0.25) is 0 Å². The number of carbonyl (C=O) groups excluding carboxylic acids is 1. The molecule has 0 bridgehead atoms. The molecule has 1 aliphatic heterocycles. The molecule has 0 radical (unpaired) electrons. The van der Waals surface area contributed by atoms with Gasteiger partial charge in [0.1, 0.15) is 11.6 Å². The van der Waals surface area contributed by atoms with E-state index < -0.39 is 6.04 Å². The van der Waals surface area contributed by atoms with Crippen molar-refractivity contribution in [1.82, 2.24) is 25.3 Å². The fraction of sp³-hybridized carbons (Fsp3) is 0.238. The molecule has 0 fully saturated rings. The van der Waals surface area contributed by atoms with E-state index in [2.05, 4.69) is 15.7 Å². The zero-order valence-electron chi connectivity index (χ0n) is 16.3. The predicted molar refractivity (Wildman–Crippen MR) is 110 cm³/mol. The average molecular weight is 414 g/mol. The molecule has 29 heavy (non-hydrogen) atoms. The number of hydrogen-bond acceptors (Lipinski definition) is 4. The lowest BCUT2D eigenvalue weighted by atomic mass is 9.97. The number of benzene rings is 2. The summed E-state index contributed by atoms with van der Waals surface area (Å²) < 4.78 is 16.6. The van der Waals surface area contributed by atoms with Gasteiger partial charge in [0, 0.05) is 31.2 Å². The van der Waals surface area contributed by atoms with E-state index in [1.54, 1.807) is 43.4 Å². The van der Waals surface area contributed by atoms with Gasteiger partial charge in [-0.2, -0.15) is 0 Å². The van der Waals surface area contributed by atoms with Crippen molar-refractivity contribution in [3.63, 3.8) is 0 Å². The molecule has 6 nitrogen and oxygen atoms in total. The molecule has 1 aromatic heterocycles. The van der Waals surface area contributed by atoms with E-state index in [4.69, 9.17) is 11.6 Å². The monoisotopic (exact) mass is 413 g/mol. The lowest BCUT2D eigenvalue weighted by Crippen LogP contribution is -2.37. The molecule has 2 aromatic carbocycles. The standard InChI is InChI=1S/C21H21ClFN5O/c1-12-25-20(21(29)26-27(2)3)18-11-24-19(14-6-4-5-7-16(14)23)15-10-13(22)8-9-17(15)28(12)18/h4-10,19,24H,11H2,1-3H3,(H,26,29). The van der Waals surface area contributed by atoms with Crippen LogP contribution in [0.15, 0.2) is 42.5 Å². The second-order valence-corrected chi connectivity index (χ2v) is 7.60. The number of hydrazine groups is 1. The number of imidazole rings is 1. The molecule has 1 unspecified atom stereocenters. The second-order valence-electron chi connectivity index (χ2n) is 7.16. The fourth-order valence-corrected chi connectivity index (χ4v) is 3.93. The maximum atomic E-state index is 14.6. The third-order valence-corrected chi connectivity index (χ3v) is 5.15. The maximum absolute atomic E-state index is 14.6. The summed E-state index contributed by atoms with van der Waals surface area (Å²) >= 11 is 6.29. The fourth-order valence-electron chi connectivity index (χ4n) is 3.75. The van der Waals surface area contributed by atoms with Crippen LogP contribution < -0.4 is 10.7 Å². The lowest BCUT2D eigenvalue weighted by Gasteiger charge is -2.20. The van der Waals surface area contributed by atoms with Crippen LogP contribution in [0.4, 0.5) is 4.39 Å². The molecular formula is C21H21ClFN5O. The summed E-state index contributed by atoms with van der Waals surface area (Å²) in [5.74, 6) is 0.0693. The number of nitrogens with one attached hydrogen (secondary N) is 2. The number of carbonyl (C=O) groups is 1. The van der Waals surface area contributed by atoms with E-state index in [1.165, 1.54) is 6.07 Å². The Morgan fingerprint density at radius 2 is 2.03 bits per heavy atom. The Morgan fingerprint density at radius 3 is 2.76 bits per heavy atom. The van der Waals surface area contributed by atoms with E-state index in [9.17, 15) is 9.18 Å². The smallest absolute Gasteiger partial charge is 0.286 e. The molecule has 4 rings (SSSR count). The number of hydrogen-bond donors (Lipinski definition) is 2. The predicted octanol–water partition coefficient (Wildman–Crippen LogP) is 3.37. The molecule has 0 aliphatic carbocycles. The SMILES string of the molecule is Cc1nc(C(=O)NN(C)C)c2n1-c1ccc(Cl)cc1C(c1ccccc1F)NC2. The molecule has 0 spiro atoms. The molecule has 0 saturated heterocycles. The minimum Gasteiger partial charge on any atom is -0.300 e. The van der Waals surface area contributed by atoms with Gasteiger partial charge in [-0.05, 0) is 36.8 Å². The molecule has 1 atom stereocenters. The maximum Gasteiger partial charge on any atom is 0.286 e. The number of nitrogens with zero attached hydrogens (tertiary/aromatic N) is 3. The van der Waals surface area contributed by atoms with Gasteiger partial charge in [0.15, 0.2) is 5.69 Å². The first-order valence-electron chi connectivity index (χ1n) is 9.21. The number of halogens is 2. The summed E-state index contributed by atoms with van der Waals surface area (Å²) in [5, 5.41) is 5.51. The first-order valence-corrected chi connectivity index (χ1v) is 9.58. The van der Waals surface area contributed by atoms with E-state index in [-0.39, 0.29) is 11.7 Å². The van der Waals surface area contributed by atoms with Crippen LogP contribution in [0.25, 0.3) is 5.69 Å². The Kier molecular flexibility index (Phi) is 5.12. The van der Waals surface area contributed by atoms with Gasteiger partial charge in [0.25, 0.3) is 5.91 Å². The summed E-state index contributed by atoms with van der Waals surface area (Å²) in [6.45, 7) is 2.18. The summed E-state index contributed by atoms with van der Waals surface area (Å²) in [4.78, 5) is 17.2. The Morgan fingerprint density at radius 1 is 1.28 bits per heavy atom. The largest absolute Gasteiger partial charge is 0.300 e. The zero-order valence-corrected chi connectivity index (χ0v) is 17.1. The van der Waals surface area contributed by atoms with Crippen LogP contribution in [0.1, 0.15) is 39.2 Å². The average Bonchev–Trinajstić information content (AvgIpc) is 2.90. The normalized spacial score (nSPS) is 15.6. The lowest BCUT2D eigenvalue weighted by molar-refractivity contribution is 0.0850. The Balaban J connectivity index is 1.90. The zero-order chi connectivity index (χ0) is 20.7. The highest BCUT2D eigenvalue weighted by Crippen LogP contribution is 2.35. The summed E-state index contributed by atoms with van der Waals surface area (Å²) in [7, 11) is 3.48. The molecule has 0 saturated carbocycles. The summed E-state index contributed by atoms with van der Waals surface area (Å²) in [6.07, 6.45) is 0. The van der Waals surface area contributed by atoms with Gasteiger partial charge < -0.3 is 5.32 Å². The van der Waals surface area contributed by atoms with Crippen molar-refractivity contribution in [3.05, 3.63) is 81.6 Å². The Labute approximate surface area is 173 Å². The number of amides is 1. The molecule has 150 valence electrons. The highest BCUT2D eigenvalue weighted by Gasteiger charge is 2.30. The number of rotatable bonds is 3. The molecule has 3 aromatic rings. The van der Waals surface area contributed by atoms with Crippen LogP contribution in [0.3, 0.4) is 0 Å². The van der Waals surface area contributed by atoms with Crippen LogP contribution in [0.5, 0.6) is 0 Å². The third-order valence-electron chi connectivity index (χ3n) is 4.91. The van der Waals surface area contributed by atoms with Gasteiger partial charge in [-0.1, -0.05) is 29.8 Å². The molecule has 8 heteroatoms. The van der Waals surface area contributed by atoms with Crippen molar-refractivity contribution >= 4 is 17.5 Å². The van der Waals surface area contributed by atoms with Gasteiger partial charge in [-0.15, -0.1) is 0 Å².